The van der Waals surface area contributed by atoms with Crippen LogP contribution in [0.5, 0.6) is 5.75 Å². The Balaban J connectivity index is 1.81. The molecule has 4 heteroatoms. The summed E-state index contributed by atoms with van der Waals surface area (Å²) in [5, 5.41) is 0. The second-order valence-electron chi connectivity index (χ2n) is 4.77. The van der Waals surface area contributed by atoms with Gasteiger partial charge in [0.1, 0.15) is 11.5 Å². The molecule has 1 heterocycles. The summed E-state index contributed by atoms with van der Waals surface area (Å²) < 4.78 is 11.3. The Morgan fingerprint density at radius 1 is 1.47 bits per heavy atom. The summed E-state index contributed by atoms with van der Waals surface area (Å²) in [6.45, 7) is 3.44. The molecular weight excluding hydrogens is 240 g/mol. The topological polar surface area (TPSA) is 56.5 Å². The zero-order chi connectivity index (χ0) is 13.5. The van der Waals surface area contributed by atoms with Crippen LogP contribution in [0.2, 0.25) is 0 Å². The van der Waals surface area contributed by atoms with Gasteiger partial charge in [-0.05, 0) is 43.5 Å². The Hall–Kier alpha value is -1.52. The third-order valence-corrected chi connectivity index (χ3v) is 3.17. The van der Waals surface area contributed by atoms with Crippen LogP contribution >= 0.6 is 0 Å². The molecule has 1 unspecified atom stereocenters. The largest absolute Gasteiger partial charge is 0.497 e. The van der Waals surface area contributed by atoms with Crippen molar-refractivity contribution in [2.24, 2.45) is 5.84 Å². The van der Waals surface area contributed by atoms with Gasteiger partial charge in [0.15, 0.2) is 0 Å². The SMILES string of the molecule is Cc1cccc(OCCC(NN)C2=CCCCO2)c1. The van der Waals surface area contributed by atoms with E-state index in [-0.39, 0.29) is 6.04 Å². The van der Waals surface area contributed by atoms with Crippen LogP contribution in [0.4, 0.5) is 0 Å². The normalized spacial score (nSPS) is 16.4. The Kier molecular flexibility index (Phi) is 5.24. The van der Waals surface area contributed by atoms with E-state index >= 15 is 0 Å². The van der Waals surface area contributed by atoms with Crippen molar-refractivity contribution < 1.29 is 9.47 Å². The predicted octanol–water partition coefficient (Wildman–Crippen LogP) is 2.29. The molecule has 1 aromatic carbocycles. The average Bonchev–Trinajstić information content (AvgIpc) is 2.45. The number of ether oxygens (including phenoxy) is 2. The van der Waals surface area contributed by atoms with Crippen LogP contribution in [0, 0.1) is 6.92 Å². The van der Waals surface area contributed by atoms with Crippen LogP contribution in [-0.4, -0.2) is 19.3 Å². The highest BCUT2D eigenvalue weighted by atomic mass is 16.5. The minimum Gasteiger partial charge on any atom is -0.497 e. The lowest BCUT2D eigenvalue weighted by Gasteiger charge is -2.23. The first kappa shape index (κ1) is 13.9. The number of benzene rings is 1. The minimum atomic E-state index is 0.0325. The molecule has 0 radical (unpaired) electrons. The third kappa shape index (κ3) is 4.26. The highest BCUT2D eigenvalue weighted by Gasteiger charge is 2.16. The smallest absolute Gasteiger partial charge is 0.119 e. The maximum atomic E-state index is 5.73. The molecule has 0 aliphatic carbocycles. The van der Waals surface area contributed by atoms with Crippen molar-refractivity contribution in [2.45, 2.75) is 32.2 Å². The summed E-state index contributed by atoms with van der Waals surface area (Å²) in [5.41, 5.74) is 3.99. The van der Waals surface area contributed by atoms with Gasteiger partial charge < -0.3 is 9.47 Å². The van der Waals surface area contributed by atoms with E-state index in [2.05, 4.69) is 24.5 Å². The molecule has 0 aromatic heterocycles. The van der Waals surface area contributed by atoms with Gasteiger partial charge in [0.2, 0.25) is 0 Å². The fourth-order valence-corrected chi connectivity index (χ4v) is 2.13. The monoisotopic (exact) mass is 262 g/mol. The van der Waals surface area contributed by atoms with E-state index in [1.54, 1.807) is 0 Å². The lowest BCUT2D eigenvalue weighted by Crippen LogP contribution is -2.39. The van der Waals surface area contributed by atoms with Crippen molar-refractivity contribution in [3.05, 3.63) is 41.7 Å². The van der Waals surface area contributed by atoms with E-state index in [0.717, 1.165) is 37.4 Å². The van der Waals surface area contributed by atoms with Gasteiger partial charge >= 0.3 is 0 Å². The molecule has 0 bridgehead atoms. The van der Waals surface area contributed by atoms with Crippen LogP contribution in [0.1, 0.15) is 24.8 Å². The summed E-state index contributed by atoms with van der Waals surface area (Å²) in [6.07, 6.45) is 5.05. The predicted molar refractivity (Wildman–Crippen MR) is 75.7 cm³/mol. The number of aryl methyl sites for hydroxylation is 1. The van der Waals surface area contributed by atoms with E-state index in [1.165, 1.54) is 5.56 Å². The van der Waals surface area contributed by atoms with E-state index in [0.29, 0.717) is 6.61 Å². The van der Waals surface area contributed by atoms with E-state index in [4.69, 9.17) is 15.3 Å². The average molecular weight is 262 g/mol. The summed E-state index contributed by atoms with van der Waals surface area (Å²) in [7, 11) is 0. The van der Waals surface area contributed by atoms with Gasteiger partial charge in [-0.2, -0.15) is 0 Å². The first-order chi connectivity index (χ1) is 9.29. The van der Waals surface area contributed by atoms with Gasteiger partial charge in [-0.25, -0.2) is 5.43 Å². The Bertz CT molecular complexity index is 432. The summed E-state index contributed by atoms with van der Waals surface area (Å²) >= 11 is 0. The van der Waals surface area contributed by atoms with Gasteiger partial charge in [0.05, 0.1) is 19.3 Å². The molecule has 1 aliphatic rings. The third-order valence-electron chi connectivity index (χ3n) is 3.17. The molecule has 0 fully saturated rings. The Labute approximate surface area is 114 Å². The maximum Gasteiger partial charge on any atom is 0.119 e. The van der Waals surface area contributed by atoms with E-state index < -0.39 is 0 Å². The van der Waals surface area contributed by atoms with Crippen LogP contribution in [-0.2, 0) is 4.74 Å². The number of nitrogens with two attached hydrogens (primary N) is 1. The van der Waals surface area contributed by atoms with Crippen molar-refractivity contribution in [1.29, 1.82) is 0 Å². The van der Waals surface area contributed by atoms with Gasteiger partial charge in [-0.1, -0.05) is 12.1 Å². The summed E-state index contributed by atoms with van der Waals surface area (Å²) in [4.78, 5) is 0. The maximum absolute atomic E-state index is 5.73. The molecule has 2 rings (SSSR count). The molecule has 0 saturated carbocycles. The Morgan fingerprint density at radius 2 is 2.37 bits per heavy atom. The number of rotatable bonds is 6. The number of allylic oxidation sites excluding steroid dienone is 1. The molecular formula is C15H22N2O2. The lowest BCUT2D eigenvalue weighted by molar-refractivity contribution is 0.158. The zero-order valence-corrected chi connectivity index (χ0v) is 11.4. The molecule has 3 N–H and O–H groups in total. The molecule has 104 valence electrons. The second kappa shape index (κ2) is 7.16. The zero-order valence-electron chi connectivity index (χ0n) is 11.4. The molecule has 0 saturated heterocycles. The van der Waals surface area contributed by atoms with Gasteiger partial charge in [-0.3, -0.25) is 5.84 Å². The van der Waals surface area contributed by atoms with Crippen molar-refractivity contribution in [1.82, 2.24) is 5.43 Å². The Morgan fingerprint density at radius 3 is 3.05 bits per heavy atom. The van der Waals surface area contributed by atoms with Crippen LogP contribution in [0.15, 0.2) is 36.1 Å². The number of hydrogen-bond acceptors (Lipinski definition) is 4. The van der Waals surface area contributed by atoms with Crippen LogP contribution < -0.4 is 16.0 Å². The number of nitrogens with one attached hydrogen (secondary N) is 1. The highest BCUT2D eigenvalue weighted by molar-refractivity contribution is 5.27. The fourth-order valence-electron chi connectivity index (χ4n) is 2.13. The van der Waals surface area contributed by atoms with E-state index in [1.807, 2.05) is 18.2 Å². The van der Waals surface area contributed by atoms with Crippen molar-refractivity contribution in [3.63, 3.8) is 0 Å². The van der Waals surface area contributed by atoms with Gasteiger partial charge in [0, 0.05) is 6.42 Å². The van der Waals surface area contributed by atoms with Gasteiger partial charge in [0.25, 0.3) is 0 Å². The van der Waals surface area contributed by atoms with Crippen LogP contribution in [0.3, 0.4) is 0 Å². The fraction of sp³-hybridized carbons (Fsp3) is 0.467. The molecule has 1 aromatic rings. The lowest BCUT2D eigenvalue weighted by atomic mass is 10.1. The van der Waals surface area contributed by atoms with E-state index in [9.17, 15) is 0 Å². The second-order valence-corrected chi connectivity index (χ2v) is 4.77. The molecule has 1 atom stereocenters. The molecule has 0 amide bonds. The first-order valence-electron chi connectivity index (χ1n) is 6.78. The van der Waals surface area contributed by atoms with Gasteiger partial charge in [-0.15, -0.1) is 0 Å². The molecule has 4 nitrogen and oxygen atoms in total. The van der Waals surface area contributed by atoms with Crippen molar-refractivity contribution >= 4 is 0 Å². The minimum absolute atomic E-state index is 0.0325. The quantitative estimate of drug-likeness (QED) is 0.610. The highest BCUT2D eigenvalue weighted by Crippen LogP contribution is 2.17. The number of hydrazine groups is 1. The molecule has 19 heavy (non-hydrogen) atoms. The standard InChI is InChI=1S/C15H22N2O2/c1-12-5-4-6-13(11-12)18-10-8-14(17-16)15-7-2-3-9-19-15/h4-7,11,14,17H,2-3,8-10,16H2,1H3. The number of hydrogen-bond donors (Lipinski definition) is 2. The molecule has 0 spiro atoms. The van der Waals surface area contributed by atoms with Crippen molar-refractivity contribution in [2.75, 3.05) is 13.2 Å². The first-order valence-corrected chi connectivity index (χ1v) is 6.78. The summed E-state index contributed by atoms with van der Waals surface area (Å²) in [6, 6.07) is 8.08. The molecule has 1 aliphatic heterocycles. The van der Waals surface area contributed by atoms with Crippen molar-refractivity contribution in [3.8, 4) is 5.75 Å². The van der Waals surface area contributed by atoms with Crippen LogP contribution in [0.25, 0.3) is 0 Å². The summed E-state index contributed by atoms with van der Waals surface area (Å²) in [5.74, 6) is 7.42.